The van der Waals surface area contributed by atoms with E-state index in [4.69, 9.17) is 4.11 Å². The molecule has 2 bridgehead atoms. The fourth-order valence-electron chi connectivity index (χ4n) is 1.72. The van der Waals surface area contributed by atoms with Crippen LogP contribution >= 0.6 is 0 Å². The van der Waals surface area contributed by atoms with Gasteiger partial charge in [0.2, 0.25) is 0 Å². The Morgan fingerprint density at radius 1 is 2.00 bits per heavy atom. The second kappa shape index (κ2) is 1.23. The third-order valence-electron chi connectivity index (χ3n) is 2.81. The molecule has 3 aliphatic rings. The number of hydrogen-bond donors (Lipinski definition) is 0. The molecular weight excluding hydrogens is 112 g/mol. The van der Waals surface area contributed by atoms with Gasteiger partial charge in [0.25, 0.3) is 0 Å². The van der Waals surface area contributed by atoms with Crippen molar-refractivity contribution >= 4 is 5.78 Å². The molecular formula is C8H12O. The zero-order valence-electron chi connectivity index (χ0n) is 8.69. The number of ketones is 1. The average Bonchev–Trinajstić information content (AvgIpc) is 2.18. The first-order valence-corrected chi connectivity index (χ1v) is 3.29. The van der Waals surface area contributed by atoms with Crippen molar-refractivity contribution in [3.05, 3.63) is 0 Å². The highest BCUT2D eigenvalue weighted by Gasteiger charge is 2.59. The summed E-state index contributed by atoms with van der Waals surface area (Å²) in [6.45, 7) is 3.38. The van der Waals surface area contributed by atoms with Crippen LogP contribution in [0.5, 0.6) is 0 Å². The van der Waals surface area contributed by atoms with E-state index in [1.807, 2.05) is 0 Å². The van der Waals surface area contributed by atoms with Crippen LogP contribution in [-0.4, -0.2) is 5.78 Å². The molecule has 0 saturated heterocycles. The molecule has 0 spiro atoms. The van der Waals surface area contributed by atoms with E-state index in [0.717, 1.165) is 0 Å². The molecule has 1 heteroatoms. The van der Waals surface area contributed by atoms with Crippen molar-refractivity contribution in [3.63, 3.8) is 0 Å². The molecule has 3 fully saturated rings. The SMILES string of the molecule is [2H]C1([2H])C(=O)[C@]2(C)C[C@H]1[C@@]2([2H])C. The maximum absolute atomic E-state index is 11.5. The van der Waals surface area contributed by atoms with Crippen molar-refractivity contribution in [3.8, 4) is 0 Å². The van der Waals surface area contributed by atoms with E-state index < -0.39 is 17.7 Å². The molecule has 3 aliphatic carbocycles. The van der Waals surface area contributed by atoms with Crippen LogP contribution in [0.3, 0.4) is 0 Å². The Bertz CT molecular complexity index is 271. The third-order valence-corrected chi connectivity index (χ3v) is 2.81. The van der Waals surface area contributed by atoms with Crippen LogP contribution in [0.1, 0.15) is 30.8 Å². The Labute approximate surface area is 59.7 Å². The van der Waals surface area contributed by atoms with Gasteiger partial charge in [-0.1, -0.05) is 13.8 Å². The van der Waals surface area contributed by atoms with Crippen LogP contribution in [0.2, 0.25) is 0 Å². The first kappa shape index (κ1) is 3.18. The lowest BCUT2D eigenvalue weighted by molar-refractivity contribution is -0.127. The molecule has 0 unspecified atom stereocenters. The van der Waals surface area contributed by atoms with Gasteiger partial charge < -0.3 is 0 Å². The Balaban J connectivity index is 2.52. The Hall–Kier alpha value is -0.330. The summed E-state index contributed by atoms with van der Waals surface area (Å²) >= 11 is 0. The highest BCUT2D eigenvalue weighted by atomic mass is 16.1. The largest absolute Gasteiger partial charge is 0.299 e. The van der Waals surface area contributed by atoms with Crippen LogP contribution in [0.15, 0.2) is 0 Å². The minimum absolute atomic E-state index is 0.363. The van der Waals surface area contributed by atoms with Crippen LogP contribution < -0.4 is 0 Å². The molecule has 50 valence electrons. The molecule has 0 N–H and O–H groups in total. The van der Waals surface area contributed by atoms with Gasteiger partial charge in [-0.25, -0.2) is 0 Å². The minimum atomic E-state index is -1.74. The molecule has 3 saturated carbocycles. The lowest BCUT2D eigenvalue weighted by Gasteiger charge is -2.40. The first-order valence-electron chi connectivity index (χ1n) is 4.79. The van der Waals surface area contributed by atoms with E-state index in [0.29, 0.717) is 6.42 Å². The van der Waals surface area contributed by atoms with E-state index in [1.54, 1.807) is 13.8 Å². The number of rotatable bonds is 0. The zero-order chi connectivity index (χ0) is 9.36. The topological polar surface area (TPSA) is 17.1 Å². The molecule has 0 aromatic carbocycles. The second-order valence-electron chi connectivity index (χ2n) is 3.25. The van der Waals surface area contributed by atoms with Crippen molar-refractivity contribution in [2.24, 2.45) is 17.2 Å². The maximum atomic E-state index is 11.5. The van der Waals surface area contributed by atoms with Gasteiger partial charge in [-0.3, -0.25) is 4.79 Å². The number of Topliss-reactive ketones (excluding diaryl/α,β-unsaturated/α-hetero) is 1. The van der Waals surface area contributed by atoms with Crippen molar-refractivity contribution in [1.82, 2.24) is 0 Å². The molecule has 3 atom stereocenters. The van der Waals surface area contributed by atoms with Crippen LogP contribution in [0.25, 0.3) is 0 Å². The van der Waals surface area contributed by atoms with E-state index in [2.05, 4.69) is 0 Å². The lowest BCUT2D eigenvalue weighted by Crippen LogP contribution is -2.38. The van der Waals surface area contributed by atoms with Gasteiger partial charge in [-0.05, 0) is 18.2 Å². The minimum Gasteiger partial charge on any atom is -0.299 e. The summed E-state index contributed by atoms with van der Waals surface area (Å²) in [6, 6.07) is 0. The summed E-state index contributed by atoms with van der Waals surface area (Å²) in [5.41, 5.74) is -0.721. The third kappa shape index (κ3) is 0.405. The predicted molar refractivity (Wildman–Crippen MR) is 35.0 cm³/mol. The number of carbonyl (C=O) groups excluding carboxylic acids is 1. The zero-order valence-corrected chi connectivity index (χ0v) is 5.69. The second-order valence-corrected chi connectivity index (χ2v) is 3.25. The number of fused-ring (bicyclic) bond motifs is 1. The summed E-state index contributed by atoms with van der Waals surface area (Å²) in [5, 5.41) is 0. The molecule has 0 amide bonds. The van der Waals surface area contributed by atoms with Gasteiger partial charge in [0, 0.05) is 15.9 Å². The standard InChI is InChI=1S/C8H12O/c1-5-6-3-7(9)8(5,2)4-6/h5-6H,3-4H2,1-2H3/t5-,6+,8-/m1/s1/i3D2,5D. The monoisotopic (exact) mass is 127 g/mol. The quantitative estimate of drug-likeness (QED) is 0.483. The fourth-order valence-corrected chi connectivity index (χ4v) is 1.72. The Morgan fingerprint density at radius 2 is 2.67 bits per heavy atom. The molecule has 0 aromatic heterocycles. The van der Waals surface area contributed by atoms with Crippen LogP contribution in [0.4, 0.5) is 0 Å². The Kier molecular flexibility index (Phi) is 0.434. The van der Waals surface area contributed by atoms with E-state index >= 15 is 0 Å². The predicted octanol–water partition coefficient (Wildman–Crippen LogP) is 1.62. The summed E-state index contributed by atoms with van der Waals surface area (Å²) in [7, 11) is 0. The first-order chi connectivity index (χ1) is 5.24. The number of carbonyl (C=O) groups is 1. The molecule has 1 nitrogen and oxygen atoms in total. The Morgan fingerprint density at radius 3 is 2.78 bits per heavy atom. The highest BCUT2D eigenvalue weighted by Crippen LogP contribution is 2.60. The normalized spacial score (nSPS) is 74.2. The fraction of sp³-hybridized carbons (Fsp3) is 0.875. The van der Waals surface area contributed by atoms with Gasteiger partial charge in [0.1, 0.15) is 5.78 Å². The summed E-state index contributed by atoms with van der Waals surface area (Å²) in [4.78, 5) is 11.5. The van der Waals surface area contributed by atoms with Crippen molar-refractivity contribution in [2.75, 3.05) is 0 Å². The van der Waals surface area contributed by atoms with Gasteiger partial charge in [-0.2, -0.15) is 0 Å². The highest BCUT2D eigenvalue weighted by molar-refractivity contribution is 5.90. The lowest BCUT2D eigenvalue weighted by atomic mass is 9.62. The van der Waals surface area contributed by atoms with Gasteiger partial charge in [0.15, 0.2) is 0 Å². The smallest absolute Gasteiger partial charge is 0.139 e. The van der Waals surface area contributed by atoms with Crippen molar-refractivity contribution in [1.29, 1.82) is 0 Å². The van der Waals surface area contributed by atoms with Crippen molar-refractivity contribution in [2.45, 2.75) is 26.6 Å². The summed E-state index contributed by atoms with van der Waals surface area (Å²) in [5.74, 6) is -1.63. The summed E-state index contributed by atoms with van der Waals surface area (Å²) in [6.07, 6.45) is -1.19. The van der Waals surface area contributed by atoms with Gasteiger partial charge in [-0.15, -0.1) is 0 Å². The van der Waals surface area contributed by atoms with Gasteiger partial charge >= 0.3 is 0 Å². The number of hydrogen-bond acceptors (Lipinski definition) is 1. The van der Waals surface area contributed by atoms with Crippen molar-refractivity contribution < 1.29 is 8.91 Å². The molecule has 0 radical (unpaired) electrons. The molecule has 9 heavy (non-hydrogen) atoms. The average molecular weight is 127 g/mol. The molecule has 0 heterocycles. The molecule has 0 aromatic rings. The van der Waals surface area contributed by atoms with E-state index in [-0.39, 0.29) is 11.7 Å². The van der Waals surface area contributed by atoms with E-state index in [9.17, 15) is 4.79 Å². The van der Waals surface area contributed by atoms with Crippen LogP contribution in [-0.2, 0) is 4.79 Å². The van der Waals surface area contributed by atoms with E-state index in [1.165, 1.54) is 0 Å². The maximum Gasteiger partial charge on any atom is 0.139 e. The van der Waals surface area contributed by atoms with Crippen LogP contribution in [0, 0.1) is 17.2 Å². The summed E-state index contributed by atoms with van der Waals surface area (Å²) < 4.78 is 22.9. The molecule has 3 rings (SSSR count). The van der Waals surface area contributed by atoms with Gasteiger partial charge in [0.05, 0.1) is 0 Å². The molecule has 0 aliphatic heterocycles.